The highest BCUT2D eigenvalue weighted by molar-refractivity contribution is 6.11. The van der Waals surface area contributed by atoms with E-state index in [9.17, 15) is 0 Å². The molecule has 0 radical (unpaired) electrons. The summed E-state index contributed by atoms with van der Waals surface area (Å²) < 4.78 is 2.40. The molecule has 0 bridgehead atoms. The fourth-order valence-corrected chi connectivity index (χ4v) is 6.83. The number of hydrogen-bond acceptors (Lipinski definition) is 2. The lowest BCUT2D eigenvalue weighted by Crippen LogP contribution is -1.97. The Morgan fingerprint density at radius 1 is 0.340 bits per heavy atom. The van der Waals surface area contributed by atoms with E-state index in [1.807, 2.05) is 36.4 Å². The minimum atomic E-state index is 0.707. The molecule has 0 fully saturated rings. The predicted octanol–water partition coefficient (Wildman–Crippen LogP) is 11.4. The van der Waals surface area contributed by atoms with Gasteiger partial charge in [0.2, 0.25) is 0 Å². The van der Waals surface area contributed by atoms with Gasteiger partial charge in [-0.25, -0.2) is 9.97 Å². The Hall–Kier alpha value is -6.32. The van der Waals surface area contributed by atoms with Crippen molar-refractivity contribution in [2.45, 2.75) is 0 Å². The molecule has 9 rings (SSSR count). The van der Waals surface area contributed by atoms with Crippen LogP contribution in [0.15, 0.2) is 176 Å². The molecule has 0 aliphatic rings. The van der Waals surface area contributed by atoms with E-state index in [4.69, 9.17) is 9.97 Å². The third-order valence-electron chi connectivity index (χ3n) is 9.02. The average Bonchev–Trinajstić information content (AvgIpc) is 3.49. The fourth-order valence-electron chi connectivity index (χ4n) is 6.83. The third kappa shape index (κ3) is 4.68. The average molecular weight is 600 g/mol. The van der Waals surface area contributed by atoms with Gasteiger partial charge in [-0.05, 0) is 46.8 Å². The molecule has 0 aliphatic carbocycles. The number of para-hydroxylation sites is 2. The van der Waals surface area contributed by atoms with Gasteiger partial charge in [0, 0.05) is 32.8 Å². The first-order valence-electron chi connectivity index (χ1n) is 15.9. The number of fused-ring (bicyclic) bond motifs is 4. The summed E-state index contributed by atoms with van der Waals surface area (Å²) >= 11 is 0. The molecule has 0 spiro atoms. The summed E-state index contributed by atoms with van der Waals surface area (Å²) in [6.07, 6.45) is 0. The van der Waals surface area contributed by atoms with Crippen LogP contribution in [0.4, 0.5) is 0 Å². The maximum absolute atomic E-state index is 5.09. The normalized spacial score (nSPS) is 11.4. The molecular weight excluding hydrogens is 571 g/mol. The Bertz CT molecular complexity index is 2450. The lowest BCUT2D eigenvalue weighted by atomic mass is 9.95. The summed E-state index contributed by atoms with van der Waals surface area (Å²) in [7, 11) is 0. The first-order chi connectivity index (χ1) is 23.3. The number of hydrogen-bond donors (Lipinski definition) is 0. The Labute approximate surface area is 273 Å². The summed E-state index contributed by atoms with van der Waals surface area (Å²) in [5.74, 6) is 0.707. The molecule has 0 unspecified atom stereocenters. The first-order valence-corrected chi connectivity index (χ1v) is 15.9. The molecule has 0 aliphatic heterocycles. The van der Waals surface area contributed by atoms with Crippen molar-refractivity contribution in [3.8, 4) is 50.7 Å². The van der Waals surface area contributed by atoms with Crippen molar-refractivity contribution in [1.29, 1.82) is 0 Å². The number of benzene rings is 7. The van der Waals surface area contributed by atoms with Crippen LogP contribution in [0.3, 0.4) is 0 Å². The molecule has 3 nitrogen and oxygen atoms in total. The molecule has 3 heteroatoms. The van der Waals surface area contributed by atoms with Gasteiger partial charge in [0.15, 0.2) is 5.82 Å². The highest BCUT2D eigenvalue weighted by Gasteiger charge is 2.16. The van der Waals surface area contributed by atoms with Crippen LogP contribution in [0.25, 0.3) is 83.3 Å². The lowest BCUT2D eigenvalue weighted by Gasteiger charge is -2.15. The Kier molecular flexibility index (Phi) is 6.46. The van der Waals surface area contributed by atoms with E-state index >= 15 is 0 Å². The van der Waals surface area contributed by atoms with Gasteiger partial charge >= 0.3 is 0 Å². The van der Waals surface area contributed by atoms with Crippen LogP contribution in [0.5, 0.6) is 0 Å². The first kappa shape index (κ1) is 27.0. The Morgan fingerprint density at radius 2 is 0.830 bits per heavy atom. The SMILES string of the molecule is c1ccc(-c2cc(-c3ccccc3)nc(-c3cccc(-c4ccc(-n5c6ccccc6c6ccccc65)c5ccccc45)c3)n2)cc1. The van der Waals surface area contributed by atoms with E-state index in [1.165, 1.54) is 43.8 Å². The van der Waals surface area contributed by atoms with Gasteiger partial charge in [-0.2, -0.15) is 0 Å². The summed E-state index contributed by atoms with van der Waals surface area (Å²) in [6, 6.07) is 62.0. The van der Waals surface area contributed by atoms with Crippen LogP contribution < -0.4 is 0 Å². The van der Waals surface area contributed by atoms with Crippen molar-refractivity contribution in [2.75, 3.05) is 0 Å². The molecule has 0 atom stereocenters. The van der Waals surface area contributed by atoms with Crippen LogP contribution in [-0.4, -0.2) is 14.5 Å². The number of aromatic nitrogens is 3. The van der Waals surface area contributed by atoms with Crippen LogP contribution in [0.2, 0.25) is 0 Å². The van der Waals surface area contributed by atoms with Gasteiger partial charge in [-0.1, -0.05) is 146 Å². The molecule has 2 heterocycles. The highest BCUT2D eigenvalue weighted by atomic mass is 15.0. The lowest BCUT2D eigenvalue weighted by molar-refractivity contribution is 1.18. The molecule has 220 valence electrons. The largest absolute Gasteiger partial charge is 0.309 e. The van der Waals surface area contributed by atoms with Crippen LogP contribution in [-0.2, 0) is 0 Å². The van der Waals surface area contributed by atoms with Crippen molar-refractivity contribution >= 4 is 32.6 Å². The van der Waals surface area contributed by atoms with Crippen molar-refractivity contribution in [3.05, 3.63) is 176 Å². The standard InChI is InChI=1S/C44H29N3/c1-3-14-30(15-4-1)39-29-40(31-16-5-2-6-17-31)46-44(45-39)33-19-13-18-32(28-33)34-26-27-43(36-21-8-7-20-35(34)36)47-41-24-11-9-22-37(41)38-23-10-12-25-42(38)47/h1-29H. The van der Waals surface area contributed by atoms with Crippen molar-refractivity contribution in [2.24, 2.45) is 0 Å². The Morgan fingerprint density at radius 3 is 1.45 bits per heavy atom. The second-order valence-electron chi connectivity index (χ2n) is 11.8. The van der Waals surface area contributed by atoms with Gasteiger partial charge < -0.3 is 4.57 Å². The third-order valence-corrected chi connectivity index (χ3v) is 9.02. The predicted molar refractivity (Wildman–Crippen MR) is 196 cm³/mol. The molecule has 9 aromatic rings. The second kappa shape index (κ2) is 11.2. The van der Waals surface area contributed by atoms with Gasteiger partial charge in [0.05, 0.1) is 28.1 Å². The summed E-state index contributed by atoms with van der Waals surface area (Å²) in [4.78, 5) is 10.2. The van der Waals surface area contributed by atoms with Gasteiger partial charge in [0.25, 0.3) is 0 Å². The van der Waals surface area contributed by atoms with Crippen LogP contribution >= 0.6 is 0 Å². The molecule has 2 aromatic heterocycles. The monoisotopic (exact) mass is 599 g/mol. The van der Waals surface area contributed by atoms with Crippen LogP contribution in [0, 0.1) is 0 Å². The molecule has 0 saturated carbocycles. The van der Waals surface area contributed by atoms with Crippen molar-refractivity contribution < 1.29 is 0 Å². The minimum absolute atomic E-state index is 0.707. The van der Waals surface area contributed by atoms with Crippen molar-refractivity contribution in [1.82, 2.24) is 14.5 Å². The zero-order valence-corrected chi connectivity index (χ0v) is 25.6. The maximum Gasteiger partial charge on any atom is 0.160 e. The van der Waals surface area contributed by atoms with E-state index in [0.29, 0.717) is 5.82 Å². The quantitative estimate of drug-likeness (QED) is 0.197. The summed E-state index contributed by atoms with van der Waals surface area (Å²) in [6.45, 7) is 0. The topological polar surface area (TPSA) is 30.7 Å². The zero-order valence-electron chi connectivity index (χ0n) is 25.6. The molecule has 7 aromatic carbocycles. The van der Waals surface area contributed by atoms with Crippen molar-refractivity contribution in [3.63, 3.8) is 0 Å². The molecule has 0 saturated heterocycles. The van der Waals surface area contributed by atoms with E-state index in [-0.39, 0.29) is 0 Å². The molecule has 0 amide bonds. The van der Waals surface area contributed by atoms with Crippen LogP contribution in [0.1, 0.15) is 0 Å². The number of rotatable bonds is 5. The molecule has 47 heavy (non-hydrogen) atoms. The smallest absolute Gasteiger partial charge is 0.160 e. The van der Waals surface area contributed by atoms with Gasteiger partial charge in [0.1, 0.15) is 0 Å². The minimum Gasteiger partial charge on any atom is -0.309 e. The summed E-state index contributed by atoms with van der Waals surface area (Å²) in [5.41, 5.74) is 10.8. The van der Waals surface area contributed by atoms with E-state index in [0.717, 1.165) is 33.6 Å². The Balaban J connectivity index is 1.21. The van der Waals surface area contributed by atoms with Gasteiger partial charge in [-0.3, -0.25) is 0 Å². The molecule has 0 N–H and O–H groups in total. The molecular formula is C44H29N3. The van der Waals surface area contributed by atoms with E-state index in [1.54, 1.807) is 0 Å². The van der Waals surface area contributed by atoms with E-state index < -0.39 is 0 Å². The maximum atomic E-state index is 5.09. The van der Waals surface area contributed by atoms with E-state index in [2.05, 4.69) is 144 Å². The second-order valence-corrected chi connectivity index (χ2v) is 11.8. The highest BCUT2D eigenvalue weighted by Crippen LogP contribution is 2.38. The number of nitrogens with zero attached hydrogens (tertiary/aromatic N) is 3. The summed E-state index contributed by atoms with van der Waals surface area (Å²) in [5, 5.41) is 4.93. The zero-order chi connectivity index (χ0) is 31.2. The fraction of sp³-hybridized carbons (Fsp3) is 0. The van der Waals surface area contributed by atoms with Gasteiger partial charge in [-0.15, -0.1) is 0 Å².